The second-order valence-corrected chi connectivity index (χ2v) is 9.44. The van der Waals surface area contributed by atoms with Crippen LogP contribution in [-0.4, -0.2) is 51.0 Å². The Morgan fingerprint density at radius 1 is 1.14 bits per heavy atom. The summed E-state index contributed by atoms with van der Waals surface area (Å²) in [7, 11) is 1.42. The number of nitrogens with zero attached hydrogens (tertiary/aromatic N) is 2. The summed E-state index contributed by atoms with van der Waals surface area (Å²) in [6.45, 7) is 8.80. The molecule has 1 aromatic heterocycles. The van der Waals surface area contributed by atoms with E-state index in [1.54, 1.807) is 0 Å². The standard InChI is InChI=1S/C29H33N3O4/c1-19-4-5-21(16-30-24-7-8-25-23(14-28(33)34-3)18-36-26(25)15-24)20(2)29(19)22-6-9-27(31-17-22)32-10-12-35-13-11-32/h4-9,15,17,23,30H,10-14,16,18H2,1-3H3. The van der Waals surface area contributed by atoms with E-state index in [9.17, 15) is 4.79 Å². The van der Waals surface area contributed by atoms with Gasteiger partial charge in [-0.15, -0.1) is 0 Å². The largest absolute Gasteiger partial charge is 0.493 e. The molecule has 0 bridgehead atoms. The van der Waals surface area contributed by atoms with Crippen LogP contribution in [0.15, 0.2) is 48.7 Å². The summed E-state index contributed by atoms with van der Waals surface area (Å²) in [6.07, 6.45) is 2.32. The van der Waals surface area contributed by atoms with Crippen molar-refractivity contribution >= 4 is 17.5 Å². The Morgan fingerprint density at radius 2 is 1.97 bits per heavy atom. The van der Waals surface area contributed by atoms with Crippen molar-refractivity contribution in [2.45, 2.75) is 32.7 Å². The molecule has 36 heavy (non-hydrogen) atoms. The number of hydrogen-bond donors (Lipinski definition) is 1. The molecule has 3 heterocycles. The number of carbonyl (C=O) groups excluding carboxylic acids is 1. The van der Waals surface area contributed by atoms with Gasteiger partial charge in [0, 0.05) is 54.6 Å². The van der Waals surface area contributed by atoms with Gasteiger partial charge in [0.1, 0.15) is 11.6 Å². The van der Waals surface area contributed by atoms with Crippen molar-refractivity contribution in [3.63, 3.8) is 0 Å². The number of methoxy groups -OCH3 is 1. The van der Waals surface area contributed by atoms with Gasteiger partial charge >= 0.3 is 5.97 Å². The van der Waals surface area contributed by atoms with E-state index in [0.717, 1.165) is 54.7 Å². The summed E-state index contributed by atoms with van der Waals surface area (Å²) in [5.41, 5.74) is 8.14. The number of morpholine rings is 1. The van der Waals surface area contributed by atoms with Crippen molar-refractivity contribution in [3.05, 3.63) is 70.9 Å². The predicted molar refractivity (Wildman–Crippen MR) is 141 cm³/mol. The topological polar surface area (TPSA) is 72.9 Å². The maximum atomic E-state index is 11.7. The lowest BCUT2D eigenvalue weighted by atomic mass is 9.93. The van der Waals surface area contributed by atoms with Crippen molar-refractivity contribution in [1.82, 2.24) is 4.98 Å². The molecule has 1 atom stereocenters. The van der Waals surface area contributed by atoms with Gasteiger partial charge in [-0.05, 0) is 54.3 Å². The van der Waals surface area contributed by atoms with Gasteiger partial charge in [0.05, 0.1) is 33.4 Å². The van der Waals surface area contributed by atoms with Gasteiger partial charge in [-0.1, -0.05) is 18.2 Å². The zero-order chi connectivity index (χ0) is 25.1. The first kappa shape index (κ1) is 24.1. The molecule has 3 aromatic rings. The lowest BCUT2D eigenvalue weighted by molar-refractivity contribution is -0.141. The molecular weight excluding hydrogens is 454 g/mol. The van der Waals surface area contributed by atoms with Crippen molar-refractivity contribution in [2.24, 2.45) is 0 Å². The predicted octanol–water partition coefficient (Wildman–Crippen LogP) is 4.85. The molecule has 1 fully saturated rings. The molecule has 0 aliphatic carbocycles. The number of aryl methyl sites for hydroxylation is 1. The number of benzene rings is 2. The first-order chi connectivity index (χ1) is 17.5. The Balaban J connectivity index is 1.30. The highest BCUT2D eigenvalue weighted by Gasteiger charge is 2.27. The fourth-order valence-corrected chi connectivity index (χ4v) is 5.08. The quantitative estimate of drug-likeness (QED) is 0.478. The molecule has 2 aromatic carbocycles. The van der Waals surface area contributed by atoms with Crippen molar-refractivity contribution in [1.29, 1.82) is 0 Å². The van der Waals surface area contributed by atoms with Gasteiger partial charge in [0.2, 0.25) is 0 Å². The van der Waals surface area contributed by atoms with E-state index in [-0.39, 0.29) is 11.9 Å². The Morgan fingerprint density at radius 3 is 2.72 bits per heavy atom. The molecule has 2 aliphatic heterocycles. The Kier molecular flexibility index (Phi) is 7.09. The van der Waals surface area contributed by atoms with Gasteiger partial charge in [-0.2, -0.15) is 0 Å². The molecule has 188 valence electrons. The zero-order valence-corrected chi connectivity index (χ0v) is 21.2. The number of rotatable bonds is 7. The summed E-state index contributed by atoms with van der Waals surface area (Å²) in [5.74, 6) is 1.67. The van der Waals surface area contributed by atoms with Gasteiger partial charge in [-0.3, -0.25) is 4.79 Å². The fourth-order valence-electron chi connectivity index (χ4n) is 5.08. The van der Waals surface area contributed by atoms with Crippen LogP contribution in [0.5, 0.6) is 5.75 Å². The van der Waals surface area contributed by atoms with Crippen LogP contribution in [-0.2, 0) is 20.8 Å². The average Bonchev–Trinajstić information content (AvgIpc) is 3.31. The maximum Gasteiger partial charge on any atom is 0.306 e. The second kappa shape index (κ2) is 10.6. The summed E-state index contributed by atoms with van der Waals surface area (Å²) in [4.78, 5) is 18.7. The Bertz CT molecular complexity index is 1240. The number of fused-ring (bicyclic) bond motifs is 1. The van der Waals surface area contributed by atoms with Crippen LogP contribution < -0.4 is 15.0 Å². The Hall–Kier alpha value is -3.58. The molecule has 7 heteroatoms. The van der Waals surface area contributed by atoms with Crippen molar-refractivity contribution in [3.8, 4) is 16.9 Å². The number of anilines is 2. The summed E-state index contributed by atoms with van der Waals surface area (Å²) < 4.78 is 16.1. The number of nitrogens with one attached hydrogen (secondary N) is 1. The SMILES string of the molecule is COC(=O)CC1COc2cc(NCc3ccc(C)c(-c4ccc(N5CCOCC5)nc4)c3C)ccc21. The third-order valence-corrected chi connectivity index (χ3v) is 7.17. The molecule has 0 saturated carbocycles. The van der Waals surface area contributed by atoms with Gasteiger partial charge in [0.15, 0.2) is 0 Å². The number of pyridine rings is 1. The number of ether oxygens (including phenoxy) is 3. The maximum absolute atomic E-state index is 11.7. The highest BCUT2D eigenvalue weighted by Crippen LogP contribution is 2.38. The molecule has 0 amide bonds. The van der Waals surface area contributed by atoms with Crippen molar-refractivity contribution in [2.75, 3.05) is 50.2 Å². The van der Waals surface area contributed by atoms with Crippen LogP contribution in [0.3, 0.4) is 0 Å². The number of carbonyl (C=O) groups is 1. The lowest BCUT2D eigenvalue weighted by Gasteiger charge is -2.27. The fraction of sp³-hybridized carbons (Fsp3) is 0.379. The third kappa shape index (κ3) is 5.02. The Labute approximate surface area is 212 Å². The molecule has 7 nitrogen and oxygen atoms in total. The molecule has 1 N–H and O–H groups in total. The van der Waals surface area contributed by atoms with Crippen LogP contribution in [0.2, 0.25) is 0 Å². The van der Waals surface area contributed by atoms with Crippen LogP contribution in [0.25, 0.3) is 11.1 Å². The number of esters is 1. The third-order valence-electron chi connectivity index (χ3n) is 7.17. The molecule has 2 aliphatic rings. The molecule has 1 saturated heterocycles. The van der Waals surface area contributed by atoms with E-state index in [2.05, 4.69) is 54.4 Å². The number of hydrogen-bond acceptors (Lipinski definition) is 7. The molecule has 1 unspecified atom stereocenters. The summed E-state index contributed by atoms with van der Waals surface area (Å²) in [6, 6.07) is 14.8. The van der Waals surface area contributed by atoms with Gasteiger partial charge in [-0.25, -0.2) is 4.98 Å². The first-order valence-electron chi connectivity index (χ1n) is 12.5. The molecular formula is C29H33N3O4. The van der Waals surface area contributed by atoms with Crippen LogP contribution >= 0.6 is 0 Å². The number of aromatic nitrogens is 1. The van der Waals surface area contributed by atoms with E-state index >= 15 is 0 Å². The normalized spacial score (nSPS) is 16.9. The monoisotopic (exact) mass is 487 g/mol. The summed E-state index contributed by atoms with van der Waals surface area (Å²) in [5, 5.41) is 3.54. The van der Waals surface area contributed by atoms with E-state index in [1.165, 1.54) is 29.4 Å². The summed E-state index contributed by atoms with van der Waals surface area (Å²) >= 11 is 0. The van der Waals surface area contributed by atoms with Crippen LogP contribution in [0, 0.1) is 13.8 Å². The lowest BCUT2D eigenvalue weighted by Crippen LogP contribution is -2.36. The minimum atomic E-state index is -0.213. The van der Waals surface area contributed by atoms with Crippen LogP contribution in [0.4, 0.5) is 11.5 Å². The molecule has 0 spiro atoms. The minimum Gasteiger partial charge on any atom is -0.493 e. The van der Waals surface area contributed by atoms with E-state index < -0.39 is 0 Å². The van der Waals surface area contributed by atoms with E-state index in [0.29, 0.717) is 19.6 Å². The first-order valence-corrected chi connectivity index (χ1v) is 12.5. The second-order valence-electron chi connectivity index (χ2n) is 9.44. The minimum absolute atomic E-state index is 0.0478. The average molecular weight is 488 g/mol. The smallest absolute Gasteiger partial charge is 0.306 e. The van der Waals surface area contributed by atoms with Gasteiger partial charge in [0.25, 0.3) is 0 Å². The molecule has 0 radical (unpaired) electrons. The van der Waals surface area contributed by atoms with Crippen LogP contribution in [0.1, 0.15) is 34.6 Å². The van der Waals surface area contributed by atoms with Crippen molar-refractivity contribution < 1.29 is 19.0 Å². The molecule has 5 rings (SSSR count). The highest BCUT2D eigenvalue weighted by molar-refractivity contribution is 5.73. The van der Waals surface area contributed by atoms with Gasteiger partial charge < -0.3 is 24.4 Å². The highest BCUT2D eigenvalue weighted by atomic mass is 16.5. The van der Waals surface area contributed by atoms with E-state index in [4.69, 9.17) is 19.2 Å². The van der Waals surface area contributed by atoms with E-state index in [1.807, 2.05) is 18.3 Å². The zero-order valence-electron chi connectivity index (χ0n) is 21.2.